The fourth-order valence-electron chi connectivity index (χ4n) is 3.24. The van der Waals surface area contributed by atoms with E-state index in [1.165, 1.54) is 0 Å². The van der Waals surface area contributed by atoms with Gasteiger partial charge < -0.3 is 14.6 Å². The number of nitrogens with one attached hydrogen (secondary N) is 1. The molecular formula is C19H25ClN4O3. The van der Waals surface area contributed by atoms with Crippen molar-refractivity contribution in [2.24, 2.45) is 5.92 Å². The van der Waals surface area contributed by atoms with Gasteiger partial charge in [-0.15, -0.1) is 0 Å². The molecule has 1 saturated heterocycles. The number of hydrogen-bond donors (Lipinski definition) is 1. The average Bonchev–Trinajstić information content (AvgIpc) is 3.14. The number of methoxy groups -OCH3 is 1. The fraction of sp³-hybridized carbons (Fsp3) is 0.526. The summed E-state index contributed by atoms with van der Waals surface area (Å²) in [5.74, 6) is 1.18. The van der Waals surface area contributed by atoms with Crippen LogP contribution in [-0.4, -0.2) is 54.3 Å². The molecule has 1 atom stereocenters. The lowest BCUT2D eigenvalue weighted by Crippen LogP contribution is -2.43. The number of piperidine rings is 1. The molecule has 0 saturated carbocycles. The fourth-order valence-corrected chi connectivity index (χ4v) is 3.43. The summed E-state index contributed by atoms with van der Waals surface area (Å²) < 4.78 is 10.4. The predicted octanol–water partition coefficient (Wildman–Crippen LogP) is 2.75. The van der Waals surface area contributed by atoms with E-state index >= 15 is 0 Å². The lowest BCUT2D eigenvalue weighted by atomic mass is 9.97. The SMILES string of the molecule is COCCCNC(=O)C1CCCN(Cc2nc(-c3cccc(Cl)c3)no2)C1. The van der Waals surface area contributed by atoms with Crippen LogP contribution in [0.1, 0.15) is 25.2 Å². The third kappa shape index (κ3) is 5.76. The maximum Gasteiger partial charge on any atom is 0.241 e. The average molecular weight is 393 g/mol. The number of nitrogens with zero attached hydrogens (tertiary/aromatic N) is 3. The zero-order valence-corrected chi connectivity index (χ0v) is 16.2. The molecule has 2 aromatic rings. The van der Waals surface area contributed by atoms with E-state index < -0.39 is 0 Å². The quantitative estimate of drug-likeness (QED) is 0.696. The molecule has 3 rings (SSSR count). The van der Waals surface area contributed by atoms with Gasteiger partial charge in [0.05, 0.1) is 12.5 Å². The van der Waals surface area contributed by atoms with Gasteiger partial charge in [-0.05, 0) is 37.9 Å². The molecule has 1 aromatic heterocycles. The molecule has 7 nitrogen and oxygen atoms in total. The van der Waals surface area contributed by atoms with Crippen LogP contribution in [0.5, 0.6) is 0 Å². The number of carbonyl (C=O) groups excluding carboxylic acids is 1. The van der Waals surface area contributed by atoms with Gasteiger partial charge in [-0.2, -0.15) is 4.98 Å². The maximum atomic E-state index is 12.3. The third-order valence-corrected chi connectivity index (χ3v) is 4.85. The Bertz CT molecular complexity index is 752. The highest BCUT2D eigenvalue weighted by atomic mass is 35.5. The van der Waals surface area contributed by atoms with E-state index in [-0.39, 0.29) is 11.8 Å². The Kier molecular flexibility index (Phi) is 7.20. The smallest absolute Gasteiger partial charge is 0.241 e. The summed E-state index contributed by atoms with van der Waals surface area (Å²) in [5.41, 5.74) is 0.824. The van der Waals surface area contributed by atoms with Gasteiger partial charge in [-0.25, -0.2) is 0 Å². The second kappa shape index (κ2) is 9.82. The molecule has 1 unspecified atom stereocenters. The van der Waals surface area contributed by atoms with Crippen LogP contribution >= 0.6 is 11.6 Å². The number of halogens is 1. The number of likely N-dealkylation sites (tertiary alicyclic amines) is 1. The van der Waals surface area contributed by atoms with Crippen molar-refractivity contribution >= 4 is 17.5 Å². The van der Waals surface area contributed by atoms with Gasteiger partial charge in [0.1, 0.15) is 0 Å². The molecule has 8 heteroatoms. The van der Waals surface area contributed by atoms with Crippen LogP contribution in [0, 0.1) is 5.92 Å². The van der Waals surface area contributed by atoms with Crippen LogP contribution in [0.2, 0.25) is 5.02 Å². The van der Waals surface area contributed by atoms with E-state index in [0.29, 0.717) is 43.0 Å². The highest BCUT2D eigenvalue weighted by Gasteiger charge is 2.26. The minimum atomic E-state index is -0.00313. The molecule has 1 aliphatic heterocycles. The molecule has 1 fully saturated rings. The summed E-state index contributed by atoms with van der Waals surface area (Å²) in [4.78, 5) is 19.0. The Labute approximate surface area is 164 Å². The summed E-state index contributed by atoms with van der Waals surface area (Å²) in [6, 6.07) is 7.36. The van der Waals surface area contributed by atoms with E-state index in [4.69, 9.17) is 20.9 Å². The maximum absolute atomic E-state index is 12.3. The largest absolute Gasteiger partial charge is 0.385 e. The second-order valence-corrected chi connectivity index (χ2v) is 7.17. The van der Waals surface area contributed by atoms with Crippen LogP contribution in [0.15, 0.2) is 28.8 Å². The van der Waals surface area contributed by atoms with E-state index in [9.17, 15) is 4.79 Å². The molecule has 2 heterocycles. The standard InChI is InChI=1S/C19H25ClN4O3/c1-26-10-4-8-21-19(25)15-6-3-9-24(12-15)13-17-22-18(23-27-17)14-5-2-7-16(20)11-14/h2,5,7,11,15H,3-4,6,8-10,12-13H2,1H3,(H,21,25). The van der Waals surface area contributed by atoms with Crippen molar-refractivity contribution in [1.82, 2.24) is 20.4 Å². The Morgan fingerprint density at radius 3 is 3.19 bits per heavy atom. The first-order valence-electron chi connectivity index (χ1n) is 9.23. The van der Waals surface area contributed by atoms with E-state index in [0.717, 1.165) is 31.4 Å². The third-order valence-electron chi connectivity index (χ3n) is 4.61. The number of carbonyl (C=O) groups is 1. The van der Waals surface area contributed by atoms with Gasteiger partial charge in [-0.3, -0.25) is 9.69 Å². The molecule has 1 N–H and O–H groups in total. The van der Waals surface area contributed by atoms with Gasteiger partial charge in [0.15, 0.2) is 0 Å². The molecule has 0 radical (unpaired) electrons. The zero-order chi connectivity index (χ0) is 19.1. The summed E-state index contributed by atoms with van der Waals surface area (Å²) in [5, 5.41) is 7.67. The Morgan fingerprint density at radius 2 is 2.37 bits per heavy atom. The van der Waals surface area contributed by atoms with Gasteiger partial charge in [0.25, 0.3) is 0 Å². The number of amides is 1. The molecule has 0 aliphatic carbocycles. The van der Waals surface area contributed by atoms with Crippen LogP contribution in [-0.2, 0) is 16.1 Å². The summed E-state index contributed by atoms with van der Waals surface area (Å²) in [6.45, 7) is 3.47. The topological polar surface area (TPSA) is 80.5 Å². The Morgan fingerprint density at radius 1 is 1.48 bits per heavy atom. The Balaban J connectivity index is 1.53. The number of hydrogen-bond acceptors (Lipinski definition) is 6. The van der Waals surface area contributed by atoms with Crippen LogP contribution in [0.3, 0.4) is 0 Å². The van der Waals surface area contributed by atoms with Crippen molar-refractivity contribution in [2.45, 2.75) is 25.8 Å². The lowest BCUT2D eigenvalue weighted by Gasteiger charge is -2.30. The first-order chi connectivity index (χ1) is 13.2. The number of benzene rings is 1. The highest BCUT2D eigenvalue weighted by Crippen LogP contribution is 2.22. The van der Waals surface area contributed by atoms with Gasteiger partial charge in [0, 0.05) is 37.4 Å². The first kappa shape index (κ1) is 19.8. The summed E-state index contributed by atoms with van der Waals surface area (Å²) in [7, 11) is 1.66. The molecule has 1 aromatic carbocycles. The van der Waals surface area contributed by atoms with Crippen molar-refractivity contribution in [1.29, 1.82) is 0 Å². The number of rotatable bonds is 8. The monoisotopic (exact) mass is 392 g/mol. The van der Waals surface area contributed by atoms with Crippen molar-refractivity contribution in [3.05, 3.63) is 35.2 Å². The number of ether oxygens (including phenoxy) is 1. The molecule has 27 heavy (non-hydrogen) atoms. The molecule has 0 spiro atoms. The van der Waals surface area contributed by atoms with Crippen molar-refractivity contribution in [2.75, 3.05) is 33.4 Å². The van der Waals surface area contributed by atoms with Crippen LogP contribution < -0.4 is 5.32 Å². The molecule has 0 bridgehead atoms. The van der Waals surface area contributed by atoms with Crippen LogP contribution in [0.4, 0.5) is 0 Å². The van der Waals surface area contributed by atoms with E-state index in [1.807, 2.05) is 12.1 Å². The van der Waals surface area contributed by atoms with Crippen molar-refractivity contribution in [3.8, 4) is 11.4 Å². The zero-order valence-electron chi connectivity index (χ0n) is 15.5. The minimum Gasteiger partial charge on any atom is -0.385 e. The van der Waals surface area contributed by atoms with E-state index in [1.54, 1.807) is 19.2 Å². The number of aromatic nitrogens is 2. The molecule has 1 amide bonds. The molecule has 1 aliphatic rings. The van der Waals surface area contributed by atoms with Gasteiger partial charge >= 0.3 is 0 Å². The Hall–Kier alpha value is -1.96. The van der Waals surface area contributed by atoms with E-state index in [2.05, 4.69) is 20.4 Å². The lowest BCUT2D eigenvalue weighted by molar-refractivity contribution is -0.126. The normalized spacial score (nSPS) is 17.8. The molecule has 146 valence electrons. The predicted molar refractivity (Wildman–Crippen MR) is 102 cm³/mol. The first-order valence-corrected chi connectivity index (χ1v) is 9.61. The highest BCUT2D eigenvalue weighted by molar-refractivity contribution is 6.30. The van der Waals surface area contributed by atoms with Gasteiger partial charge in [0.2, 0.25) is 17.6 Å². The minimum absolute atomic E-state index is 0.00313. The second-order valence-electron chi connectivity index (χ2n) is 6.73. The summed E-state index contributed by atoms with van der Waals surface area (Å²) in [6.07, 6.45) is 2.71. The van der Waals surface area contributed by atoms with Gasteiger partial charge in [-0.1, -0.05) is 28.9 Å². The summed E-state index contributed by atoms with van der Waals surface area (Å²) >= 11 is 6.02. The molecular weight excluding hydrogens is 368 g/mol. The van der Waals surface area contributed by atoms with Crippen molar-refractivity contribution in [3.63, 3.8) is 0 Å². The van der Waals surface area contributed by atoms with Crippen LogP contribution in [0.25, 0.3) is 11.4 Å². The van der Waals surface area contributed by atoms with Crippen molar-refractivity contribution < 1.29 is 14.1 Å².